The first-order valence-corrected chi connectivity index (χ1v) is 9.71. The first kappa shape index (κ1) is 19.8. The third kappa shape index (κ3) is 4.76. The lowest BCUT2D eigenvalue weighted by molar-refractivity contribution is -0.120. The molecule has 0 aliphatic carbocycles. The van der Waals surface area contributed by atoms with E-state index in [1.165, 1.54) is 19.2 Å². The zero-order chi connectivity index (χ0) is 19.3. The second-order valence-corrected chi connectivity index (χ2v) is 8.11. The Morgan fingerprint density at radius 3 is 2.38 bits per heavy atom. The van der Waals surface area contributed by atoms with Crippen LogP contribution in [0.15, 0.2) is 53.4 Å². The maximum absolute atomic E-state index is 13.2. The number of hydrogen-bond acceptors (Lipinski definition) is 4. The van der Waals surface area contributed by atoms with E-state index in [4.69, 9.17) is 4.74 Å². The number of aryl methyl sites for hydroxylation is 1. The van der Waals surface area contributed by atoms with Crippen LogP contribution in [0, 0.1) is 6.92 Å². The van der Waals surface area contributed by atoms with Crippen LogP contribution in [0.25, 0.3) is 0 Å². The minimum absolute atomic E-state index is 0.0864. The zero-order valence-electron chi connectivity index (χ0n) is 15.4. The van der Waals surface area contributed by atoms with Gasteiger partial charge in [-0.1, -0.05) is 23.8 Å². The number of carbonyl (C=O) groups is 1. The van der Waals surface area contributed by atoms with E-state index in [-0.39, 0.29) is 23.4 Å². The van der Waals surface area contributed by atoms with Gasteiger partial charge in [0.15, 0.2) is 0 Å². The van der Waals surface area contributed by atoms with E-state index < -0.39 is 10.0 Å². The van der Waals surface area contributed by atoms with E-state index in [0.29, 0.717) is 11.4 Å². The molecule has 0 radical (unpaired) electrons. The Labute approximate surface area is 154 Å². The molecule has 0 bridgehead atoms. The first-order chi connectivity index (χ1) is 12.2. The fraction of sp³-hybridized carbons (Fsp3) is 0.316. The monoisotopic (exact) mass is 376 g/mol. The second kappa shape index (κ2) is 8.23. The molecular formula is C19H24N2O4S. The molecule has 0 unspecified atom stereocenters. The molecule has 0 atom stereocenters. The summed E-state index contributed by atoms with van der Waals surface area (Å²) in [6.45, 7) is 5.21. The molecule has 0 saturated carbocycles. The molecular weight excluding hydrogens is 352 g/mol. The van der Waals surface area contributed by atoms with Gasteiger partial charge in [0.2, 0.25) is 5.91 Å². The van der Waals surface area contributed by atoms with Crippen LogP contribution in [0.2, 0.25) is 0 Å². The molecule has 0 saturated heterocycles. The summed E-state index contributed by atoms with van der Waals surface area (Å²) < 4.78 is 32.6. The molecule has 0 fully saturated rings. The molecule has 140 valence electrons. The van der Waals surface area contributed by atoms with Crippen LogP contribution in [-0.4, -0.2) is 34.0 Å². The van der Waals surface area contributed by atoms with Gasteiger partial charge in [-0.2, -0.15) is 0 Å². The Hall–Kier alpha value is -2.54. The molecule has 2 aromatic carbocycles. The van der Waals surface area contributed by atoms with Crippen molar-refractivity contribution in [2.45, 2.75) is 31.7 Å². The highest BCUT2D eigenvalue weighted by atomic mass is 32.2. The number of benzene rings is 2. The minimum Gasteiger partial charge on any atom is -0.497 e. The lowest BCUT2D eigenvalue weighted by Crippen LogP contribution is -2.42. The van der Waals surface area contributed by atoms with Crippen LogP contribution < -0.4 is 14.4 Å². The summed E-state index contributed by atoms with van der Waals surface area (Å²) in [6.07, 6.45) is 0. The quantitative estimate of drug-likeness (QED) is 0.806. The van der Waals surface area contributed by atoms with E-state index in [2.05, 4.69) is 5.32 Å². The van der Waals surface area contributed by atoms with Gasteiger partial charge in [-0.15, -0.1) is 0 Å². The van der Waals surface area contributed by atoms with Gasteiger partial charge in [-0.25, -0.2) is 8.42 Å². The van der Waals surface area contributed by atoms with Crippen LogP contribution >= 0.6 is 0 Å². The standard InChI is InChI=1S/C19H24N2O4S/c1-14(2)20-19(22)13-21(16-6-5-7-17(12-16)25-4)26(23,24)18-10-8-15(3)9-11-18/h5-12,14H,13H2,1-4H3,(H,20,22). The van der Waals surface area contributed by atoms with Gasteiger partial charge < -0.3 is 10.1 Å². The van der Waals surface area contributed by atoms with Gasteiger partial charge in [-0.3, -0.25) is 9.10 Å². The Kier molecular flexibility index (Phi) is 6.26. The lowest BCUT2D eigenvalue weighted by Gasteiger charge is -2.25. The number of sulfonamides is 1. The van der Waals surface area contributed by atoms with E-state index >= 15 is 0 Å². The molecule has 0 aliphatic heterocycles. The van der Waals surface area contributed by atoms with Gasteiger partial charge in [0.1, 0.15) is 12.3 Å². The third-order valence-corrected chi connectivity index (χ3v) is 5.48. The van der Waals surface area contributed by atoms with Crippen molar-refractivity contribution in [3.8, 4) is 5.75 Å². The summed E-state index contributed by atoms with van der Waals surface area (Å²) in [5.74, 6) is 0.134. The van der Waals surface area contributed by atoms with Crippen molar-refractivity contribution < 1.29 is 17.9 Å². The number of carbonyl (C=O) groups excluding carboxylic acids is 1. The Morgan fingerprint density at radius 1 is 1.15 bits per heavy atom. The maximum atomic E-state index is 13.2. The first-order valence-electron chi connectivity index (χ1n) is 8.27. The predicted molar refractivity (Wildman–Crippen MR) is 102 cm³/mol. The maximum Gasteiger partial charge on any atom is 0.264 e. The Bertz CT molecular complexity index is 861. The number of methoxy groups -OCH3 is 1. The zero-order valence-corrected chi connectivity index (χ0v) is 16.2. The molecule has 0 aliphatic rings. The number of nitrogens with one attached hydrogen (secondary N) is 1. The van der Waals surface area contributed by atoms with Gasteiger partial charge in [0.05, 0.1) is 17.7 Å². The number of ether oxygens (including phenoxy) is 1. The van der Waals surface area contributed by atoms with Crippen LogP contribution in [0.5, 0.6) is 5.75 Å². The number of hydrogen-bond donors (Lipinski definition) is 1. The Morgan fingerprint density at radius 2 is 1.81 bits per heavy atom. The lowest BCUT2D eigenvalue weighted by atomic mass is 10.2. The highest BCUT2D eigenvalue weighted by molar-refractivity contribution is 7.92. The smallest absolute Gasteiger partial charge is 0.264 e. The molecule has 7 heteroatoms. The number of nitrogens with zero attached hydrogens (tertiary/aromatic N) is 1. The second-order valence-electron chi connectivity index (χ2n) is 6.25. The van der Waals surface area contributed by atoms with Gasteiger partial charge >= 0.3 is 0 Å². The molecule has 2 aromatic rings. The summed E-state index contributed by atoms with van der Waals surface area (Å²) >= 11 is 0. The van der Waals surface area contributed by atoms with Crippen LogP contribution in [0.4, 0.5) is 5.69 Å². The average Bonchev–Trinajstić information content (AvgIpc) is 2.59. The van der Waals surface area contributed by atoms with Crippen LogP contribution in [0.1, 0.15) is 19.4 Å². The molecule has 2 rings (SSSR count). The highest BCUT2D eigenvalue weighted by Gasteiger charge is 2.27. The summed E-state index contributed by atoms with van der Waals surface area (Å²) in [5.41, 5.74) is 1.32. The number of anilines is 1. The van der Waals surface area contributed by atoms with Crippen molar-refractivity contribution in [2.24, 2.45) is 0 Å². The van der Waals surface area contributed by atoms with Gasteiger partial charge in [0, 0.05) is 12.1 Å². The fourth-order valence-electron chi connectivity index (χ4n) is 2.42. The van der Waals surface area contributed by atoms with Crippen LogP contribution in [-0.2, 0) is 14.8 Å². The topological polar surface area (TPSA) is 75.7 Å². The van der Waals surface area contributed by atoms with E-state index in [0.717, 1.165) is 9.87 Å². The van der Waals surface area contributed by atoms with Crippen molar-refractivity contribution in [1.29, 1.82) is 0 Å². The van der Waals surface area contributed by atoms with Crippen molar-refractivity contribution in [2.75, 3.05) is 18.0 Å². The molecule has 1 N–H and O–H groups in total. The third-order valence-electron chi connectivity index (χ3n) is 3.69. The Balaban J connectivity index is 2.48. The summed E-state index contributed by atoms with van der Waals surface area (Å²) in [6, 6.07) is 13.1. The van der Waals surface area contributed by atoms with Gasteiger partial charge in [0.25, 0.3) is 10.0 Å². The van der Waals surface area contributed by atoms with Crippen LogP contribution in [0.3, 0.4) is 0 Å². The average molecular weight is 376 g/mol. The molecule has 0 heterocycles. The van der Waals surface area contributed by atoms with Crippen molar-refractivity contribution >= 4 is 21.6 Å². The molecule has 6 nitrogen and oxygen atoms in total. The summed E-state index contributed by atoms with van der Waals surface area (Å²) in [7, 11) is -2.41. The molecule has 0 spiro atoms. The normalized spacial score (nSPS) is 11.3. The van der Waals surface area contributed by atoms with E-state index in [1.807, 2.05) is 20.8 Å². The number of amides is 1. The van der Waals surface area contributed by atoms with Crippen molar-refractivity contribution in [3.63, 3.8) is 0 Å². The van der Waals surface area contributed by atoms with E-state index in [9.17, 15) is 13.2 Å². The minimum atomic E-state index is -3.91. The predicted octanol–water partition coefficient (Wildman–Crippen LogP) is 2.72. The number of rotatable bonds is 7. The molecule has 26 heavy (non-hydrogen) atoms. The SMILES string of the molecule is COc1cccc(N(CC(=O)NC(C)C)S(=O)(=O)c2ccc(C)cc2)c1. The van der Waals surface area contributed by atoms with Crippen molar-refractivity contribution in [1.82, 2.24) is 5.32 Å². The summed E-state index contributed by atoms with van der Waals surface area (Å²) in [5, 5.41) is 2.73. The highest BCUT2D eigenvalue weighted by Crippen LogP contribution is 2.27. The fourth-order valence-corrected chi connectivity index (χ4v) is 3.83. The molecule has 1 amide bonds. The largest absolute Gasteiger partial charge is 0.497 e. The van der Waals surface area contributed by atoms with Crippen molar-refractivity contribution in [3.05, 3.63) is 54.1 Å². The summed E-state index contributed by atoms with van der Waals surface area (Å²) in [4.78, 5) is 12.4. The molecule has 0 aromatic heterocycles. The van der Waals surface area contributed by atoms with Gasteiger partial charge in [-0.05, 0) is 45.0 Å². The van der Waals surface area contributed by atoms with E-state index in [1.54, 1.807) is 36.4 Å².